The van der Waals surface area contributed by atoms with Gasteiger partial charge in [0.2, 0.25) is 0 Å². The van der Waals surface area contributed by atoms with Gasteiger partial charge in [0, 0.05) is 12.4 Å². The number of phenols is 1. The first-order valence-electron chi connectivity index (χ1n) is 4.46. The Morgan fingerprint density at radius 2 is 1.94 bits per heavy atom. The van der Waals surface area contributed by atoms with E-state index >= 15 is 0 Å². The summed E-state index contributed by atoms with van der Waals surface area (Å²) in [5.74, 6) is -1.37. The Bertz CT molecular complexity index is 529. The summed E-state index contributed by atoms with van der Waals surface area (Å²) in [6.07, 6.45) is 3.89. The number of halogens is 1. The highest BCUT2D eigenvalue weighted by Crippen LogP contribution is 2.20. The SMILES string of the molecule is O=C(c1cncnc1)c1cc(F)ccc1O. The Morgan fingerprint density at radius 1 is 1.25 bits per heavy atom. The molecule has 0 aliphatic carbocycles. The van der Waals surface area contributed by atoms with E-state index in [4.69, 9.17) is 0 Å². The van der Waals surface area contributed by atoms with E-state index in [2.05, 4.69) is 9.97 Å². The quantitative estimate of drug-likeness (QED) is 0.777. The lowest BCUT2D eigenvalue weighted by atomic mass is 10.1. The van der Waals surface area contributed by atoms with Gasteiger partial charge in [-0.3, -0.25) is 4.79 Å². The number of benzene rings is 1. The molecule has 0 saturated carbocycles. The molecule has 2 aromatic rings. The van der Waals surface area contributed by atoms with Gasteiger partial charge < -0.3 is 5.11 Å². The summed E-state index contributed by atoms with van der Waals surface area (Å²) in [7, 11) is 0. The number of carbonyl (C=O) groups is 1. The van der Waals surface area contributed by atoms with Crippen molar-refractivity contribution in [3.63, 3.8) is 0 Å². The number of phenolic OH excluding ortho intramolecular Hbond substituents is 1. The van der Waals surface area contributed by atoms with Crippen LogP contribution in [-0.4, -0.2) is 20.9 Å². The molecule has 1 aromatic heterocycles. The van der Waals surface area contributed by atoms with Crippen LogP contribution in [0, 0.1) is 5.82 Å². The number of rotatable bonds is 2. The van der Waals surface area contributed by atoms with Crippen molar-refractivity contribution in [2.45, 2.75) is 0 Å². The van der Waals surface area contributed by atoms with Gasteiger partial charge in [-0.1, -0.05) is 0 Å². The minimum absolute atomic E-state index is 0.102. The molecule has 0 unspecified atom stereocenters. The molecule has 80 valence electrons. The van der Waals surface area contributed by atoms with Crippen molar-refractivity contribution in [3.8, 4) is 5.75 Å². The molecule has 0 aliphatic heterocycles. The highest BCUT2D eigenvalue weighted by atomic mass is 19.1. The molecule has 0 radical (unpaired) electrons. The lowest BCUT2D eigenvalue weighted by Crippen LogP contribution is -2.03. The Kier molecular flexibility index (Phi) is 2.59. The number of nitrogens with zero attached hydrogens (tertiary/aromatic N) is 2. The highest BCUT2D eigenvalue weighted by Gasteiger charge is 2.14. The van der Waals surface area contributed by atoms with Gasteiger partial charge in [0.15, 0.2) is 5.78 Å². The predicted octanol–water partition coefficient (Wildman–Crippen LogP) is 1.55. The van der Waals surface area contributed by atoms with Crippen molar-refractivity contribution in [3.05, 3.63) is 53.9 Å². The first-order valence-corrected chi connectivity index (χ1v) is 4.46. The van der Waals surface area contributed by atoms with Crippen LogP contribution in [0.1, 0.15) is 15.9 Å². The van der Waals surface area contributed by atoms with Crippen LogP contribution in [0.5, 0.6) is 5.75 Å². The maximum Gasteiger partial charge on any atom is 0.199 e. The van der Waals surface area contributed by atoms with E-state index in [1.54, 1.807) is 0 Å². The molecular formula is C11H7FN2O2. The topological polar surface area (TPSA) is 63.1 Å². The molecule has 2 rings (SSSR count). The maximum absolute atomic E-state index is 12.9. The molecule has 1 heterocycles. The van der Waals surface area contributed by atoms with Gasteiger partial charge in [-0.05, 0) is 18.2 Å². The van der Waals surface area contributed by atoms with Crippen LogP contribution in [0.2, 0.25) is 0 Å². The summed E-state index contributed by atoms with van der Waals surface area (Å²) in [5.41, 5.74) is 0.0956. The third-order valence-electron chi connectivity index (χ3n) is 2.03. The summed E-state index contributed by atoms with van der Waals surface area (Å²) >= 11 is 0. The zero-order valence-corrected chi connectivity index (χ0v) is 8.09. The van der Waals surface area contributed by atoms with Crippen LogP contribution in [0.4, 0.5) is 4.39 Å². The molecule has 0 bridgehead atoms. The first kappa shape index (κ1) is 10.2. The van der Waals surface area contributed by atoms with Gasteiger partial charge in [-0.15, -0.1) is 0 Å². The lowest BCUT2D eigenvalue weighted by molar-refractivity contribution is 0.103. The zero-order chi connectivity index (χ0) is 11.5. The molecule has 0 atom stereocenters. The van der Waals surface area contributed by atoms with Crippen LogP contribution in [-0.2, 0) is 0 Å². The fraction of sp³-hybridized carbons (Fsp3) is 0. The normalized spacial score (nSPS) is 10.1. The molecule has 0 amide bonds. The fourth-order valence-corrected chi connectivity index (χ4v) is 1.26. The van der Waals surface area contributed by atoms with Gasteiger partial charge >= 0.3 is 0 Å². The maximum atomic E-state index is 12.9. The van der Waals surface area contributed by atoms with E-state index < -0.39 is 11.6 Å². The summed E-state index contributed by atoms with van der Waals surface area (Å²) in [6, 6.07) is 3.19. The summed E-state index contributed by atoms with van der Waals surface area (Å²) < 4.78 is 12.9. The van der Waals surface area contributed by atoms with Gasteiger partial charge in [-0.2, -0.15) is 0 Å². The second kappa shape index (κ2) is 4.06. The van der Waals surface area contributed by atoms with Crippen molar-refractivity contribution in [1.29, 1.82) is 0 Å². The summed E-state index contributed by atoms with van der Waals surface area (Å²) in [5, 5.41) is 9.44. The molecule has 0 saturated heterocycles. The Hall–Kier alpha value is -2.30. The smallest absolute Gasteiger partial charge is 0.199 e. The number of hydrogen-bond acceptors (Lipinski definition) is 4. The van der Waals surface area contributed by atoms with Crippen LogP contribution in [0.25, 0.3) is 0 Å². The number of carbonyl (C=O) groups excluding carboxylic acids is 1. The van der Waals surface area contributed by atoms with Crippen molar-refractivity contribution < 1.29 is 14.3 Å². The largest absolute Gasteiger partial charge is 0.507 e. The number of hydrogen-bond donors (Lipinski definition) is 1. The molecular weight excluding hydrogens is 211 g/mol. The minimum atomic E-state index is -0.585. The Balaban J connectivity index is 2.46. The monoisotopic (exact) mass is 218 g/mol. The van der Waals surface area contributed by atoms with Crippen molar-refractivity contribution in [2.75, 3.05) is 0 Å². The van der Waals surface area contributed by atoms with Crippen molar-refractivity contribution >= 4 is 5.78 Å². The summed E-state index contributed by atoms with van der Waals surface area (Å²) in [6.45, 7) is 0. The second-order valence-corrected chi connectivity index (χ2v) is 3.12. The predicted molar refractivity (Wildman–Crippen MR) is 53.5 cm³/mol. The zero-order valence-electron chi connectivity index (χ0n) is 8.09. The average Bonchev–Trinajstić information content (AvgIpc) is 2.32. The fourth-order valence-electron chi connectivity index (χ4n) is 1.26. The van der Waals surface area contributed by atoms with E-state index in [9.17, 15) is 14.3 Å². The van der Waals surface area contributed by atoms with E-state index in [0.29, 0.717) is 0 Å². The second-order valence-electron chi connectivity index (χ2n) is 3.12. The van der Waals surface area contributed by atoms with Gasteiger partial charge in [-0.25, -0.2) is 14.4 Å². The lowest BCUT2D eigenvalue weighted by Gasteiger charge is -2.02. The molecule has 5 heteroatoms. The van der Waals surface area contributed by atoms with Crippen LogP contribution in [0.3, 0.4) is 0 Å². The highest BCUT2D eigenvalue weighted by molar-refractivity contribution is 6.10. The molecule has 1 N–H and O–H groups in total. The molecule has 0 fully saturated rings. The standard InChI is InChI=1S/C11H7FN2O2/c12-8-1-2-10(15)9(3-8)11(16)7-4-13-6-14-5-7/h1-6,15H. The van der Waals surface area contributed by atoms with Crippen LogP contribution in [0.15, 0.2) is 36.9 Å². The van der Waals surface area contributed by atoms with Crippen molar-refractivity contribution in [1.82, 2.24) is 9.97 Å². The first-order chi connectivity index (χ1) is 7.68. The molecule has 0 spiro atoms. The van der Waals surface area contributed by atoms with Gasteiger partial charge in [0.1, 0.15) is 17.9 Å². The van der Waals surface area contributed by atoms with Crippen LogP contribution < -0.4 is 0 Å². The third-order valence-corrected chi connectivity index (χ3v) is 2.03. The average molecular weight is 218 g/mol. The van der Waals surface area contributed by atoms with Crippen LogP contribution >= 0.6 is 0 Å². The minimum Gasteiger partial charge on any atom is -0.507 e. The third kappa shape index (κ3) is 1.88. The van der Waals surface area contributed by atoms with E-state index in [-0.39, 0.29) is 16.9 Å². The number of aromatic nitrogens is 2. The molecule has 16 heavy (non-hydrogen) atoms. The van der Waals surface area contributed by atoms with E-state index in [1.807, 2.05) is 0 Å². The molecule has 0 aliphatic rings. The molecule has 4 nitrogen and oxygen atoms in total. The Morgan fingerprint density at radius 3 is 2.62 bits per heavy atom. The summed E-state index contributed by atoms with van der Waals surface area (Å²) in [4.78, 5) is 19.2. The molecule has 1 aromatic carbocycles. The van der Waals surface area contributed by atoms with Gasteiger partial charge in [0.25, 0.3) is 0 Å². The van der Waals surface area contributed by atoms with E-state index in [1.165, 1.54) is 18.7 Å². The van der Waals surface area contributed by atoms with E-state index in [0.717, 1.165) is 18.2 Å². The van der Waals surface area contributed by atoms with Gasteiger partial charge in [0.05, 0.1) is 11.1 Å². The number of ketones is 1. The Labute approximate surface area is 90.4 Å². The number of aromatic hydroxyl groups is 1. The van der Waals surface area contributed by atoms with Crippen molar-refractivity contribution in [2.24, 2.45) is 0 Å².